The third-order valence-electron chi connectivity index (χ3n) is 2.83. The highest BCUT2D eigenvalue weighted by Crippen LogP contribution is 2.38. The molecule has 0 heterocycles. The first-order chi connectivity index (χ1) is 7.54. The Morgan fingerprint density at radius 3 is 2.50 bits per heavy atom. The number of rotatable bonds is 8. The van der Waals surface area contributed by atoms with E-state index in [0.717, 1.165) is 25.9 Å². The van der Waals surface area contributed by atoms with E-state index in [1.54, 1.807) is 0 Å². The second kappa shape index (κ2) is 6.21. The average Bonchev–Trinajstić information content (AvgIpc) is 2.11. The van der Waals surface area contributed by atoms with Crippen LogP contribution in [-0.4, -0.2) is 36.5 Å². The highest BCUT2D eigenvalue weighted by atomic mass is 16.5. The number of ether oxygens (including phenoxy) is 2. The Kier molecular flexibility index (Phi) is 5.22. The molecule has 1 aliphatic rings. The van der Waals surface area contributed by atoms with Crippen LogP contribution in [-0.2, 0) is 14.3 Å². The van der Waals surface area contributed by atoms with E-state index in [1.165, 1.54) is 0 Å². The van der Waals surface area contributed by atoms with Gasteiger partial charge in [0.15, 0.2) is 0 Å². The van der Waals surface area contributed by atoms with Crippen molar-refractivity contribution in [2.75, 3.05) is 19.8 Å². The molecule has 1 saturated carbocycles. The van der Waals surface area contributed by atoms with Crippen molar-refractivity contribution in [2.45, 2.75) is 45.1 Å². The van der Waals surface area contributed by atoms with Crippen LogP contribution in [0.25, 0.3) is 0 Å². The molecule has 0 atom stereocenters. The van der Waals surface area contributed by atoms with Gasteiger partial charge in [-0.05, 0) is 25.2 Å². The zero-order chi connectivity index (χ0) is 12.0. The van der Waals surface area contributed by atoms with Crippen molar-refractivity contribution in [3.8, 4) is 0 Å². The zero-order valence-electron chi connectivity index (χ0n) is 10.2. The number of hydrogen-bond donors (Lipinski definition) is 1. The summed E-state index contributed by atoms with van der Waals surface area (Å²) in [6, 6.07) is 0. The quantitative estimate of drug-likeness (QED) is 0.648. The molecule has 1 fully saturated rings. The van der Waals surface area contributed by atoms with Crippen molar-refractivity contribution in [1.29, 1.82) is 0 Å². The zero-order valence-corrected chi connectivity index (χ0v) is 10.2. The predicted octanol–water partition coefficient (Wildman–Crippen LogP) is 2.07. The van der Waals surface area contributed by atoms with Crippen molar-refractivity contribution < 1.29 is 19.4 Å². The molecule has 0 aliphatic heterocycles. The SMILES string of the molecule is CC(C)COCCOC1(CC(=O)O)CCC1. The molecule has 0 bridgehead atoms. The fourth-order valence-electron chi connectivity index (χ4n) is 1.85. The van der Waals surface area contributed by atoms with Gasteiger partial charge in [0.25, 0.3) is 0 Å². The third kappa shape index (κ3) is 4.49. The molecule has 4 nitrogen and oxygen atoms in total. The van der Waals surface area contributed by atoms with Gasteiger partial charge in [-0.1, -0.05) is 13.8 Å². The Hall–Kier alpha value is -0.610. The molecule has 1 N–H and O–H groups in total. The Bertz CT molecular complexity index is 221. The first-order valence-corrected chi connectivity index (χ1v) is 5.98. The Morgan fingerprint density at radius 1 is 1.38 bits per heavy atom. The van der Waals surface area contributed by atoms with Gasteiger partial charge in [0, 0.05) is 6.61 Å². The predicted molar refractivity (Wildman–Crippen MR) is 60.4 cm³/mol. The topological polar surface area (TPSA) is 55.8 Å². The minimum atomic E-state index is -0.775. The van der Waals surface area contributed by atoms with Crippen LogP contribution in [0, 0.1) is 5.92 Å². The highest BCUT2D eigenvalue weighted by Gasteiger charge is 2.39. The average molecular weight is 230 g/mol. The maximum atomic E-state index is 10.7. The molecular weight excluding hydrogens is 208 g/mol. The van der Waals surface area contributed by atoms with Gasteiger partial charge in [-0.2, -0.15) is 0 Å². The molecular formula is C12H22O4. The normalized spacial score (nSPS) is 18.4. The van der Waals surface area contributed by atoms with Gasteiger partial charge in [0.2, 0.25) is 0 Å². The number of carboxylic acids is 1. The number of carbonyl (C=O) groups is 1. The summed E-state index contributed by atoms with van der Waals surface area (Å²) in [6.07, 6.45) is 2.92. The fourth-order valence-corrected chi connectivity index (χ4v) is 1.85. The van der Waals surface area contributed by atoms with E-state index in [0.29, 0.717) is 19.1 Å². The van der Waals surface area contributed by atoms with Crippen LogP contribution in [0.4, 0.5) is 0 Å². The van der Waals surface area contributed by atoms with E-state index >= 15 is 0 Å². The second-order valence-corrected chi connectivity index (χ2v) is 4.92. The third-order valence-corrected chi connectivity index (χ3v) is 2.83. The molecule has 16 heavy (non-hydrogen) atoms. The van der Waals surface area contributed by atoms with Gasteiger partial charge in [0.1, 0.15) is 0 Å². The largest absolute Gasteiger partial charge is 0.481 e. The van der Waals surface area contributed by atoms with E-state index in [-0.39, 0.29) is 6.42 Å². The highest BCUT2D eigenvalue weighted by molar-refractivity contribution is 5.68. The first kappa shape index (κ1) is 13.5. The lowest BCUT2D eigenvalue weighted by molar-refractivity contribution is -0.157. The molecule has 1 aliphatic carbocycles. The summed E-state index contributed by atoms with van der Waals surface area (Å²) in [5.41, 5.74) is -0.396. The fraction of sp³-hybridized carbons (Fsp3) is 0.917. The van der Waals surface area contributed by atoms with Gasteiger partial charge in [-0.3, -0.25) is 4.79 Å². The van der Waals surface area contributed by atoms with Crippen LogP contribution in [0.2, 0.25) is 0 Å². The van der Waals surface area contributed by atoms with E-state index in [1.807, 2.05) is 0 Å². The summed E-state index contributed by atoms with van der Waals surface area (Å²) in [7, 11) is 0. The van der Waals surface area contributed by atoms with Gasteiger partial charge in [-0.15, -0.1) is 0 Å². The van der Waals surface area contributed by atoms with E-state index in [2.05, 4.69) is 13.8 Å². The van der Waals surface area contributed by atoms with Gasteiger partial charge < -0.3 is 14.6 Å². The standard InChI is InChI=1S/C12H22O4/c1-10(2)9-15-6-7-16-12(4-3-5-12)8-11(13)14/h10H,3-9H2,1-2H3,(H,13,14). The number of aliphatic carboxylic acids is 1. The Balaban J connectivity index is 2.12. The van der Waals surface area contributed by atoms with Crippen LogP contribution in [0.15, 0.2) is 0 Å². The van der Waals surface area contributed by atoms with Gasteiger partial charge in [-0.25, -0.2) is 0 Å². The number of carboxylic acid groups (broad SMARTS) is 1. The molecule has 0 saturated heterocycles. The summed E-state index contributed by atoms with van der Waals surface area (Å²) in [5, 5.41) is 8.78. The van der Waals surface area contributed by atoms with E-state index in [9.17, 15) is 4.79 Å². The summed E-state index contributed by atoms with van der Waals surface area (Å²) in [4.78, 5) is 10.7. The summed E-state index contributed by atoms with van der Waals surface area (Å²) < 4.78 is 11.0. The first-order valence-electron chi connectivity index (χ1n) is 5.98. The van der Waals surface area contributed by atoms with Gasteiger partial charge in [0.05, 0.1) is 25.2 Å². The van der Waals surface area contributed by atoms with Gasteiger partial charge >= 0.3 is 5.97 Å². The minimum Gasteiger partial charge on any atom is -0.481 e. The van der Waals surface area contributed by atoms with E-state index in [4.69, 9.17) is 14.6 Å². The Morgan fingerprint density at radius 2 is 2.06 bits per heavy atom. The molecule has 0 aromatic rings. The molecule has 0 radical (unpaired) electrons. The molecule has 1 rings (SSSR count). The smallest absolute Gasteiger partial charge is 0.306 e. The van der Waals surface area contributed by atoms with Crippen molar-refractivity contribution in [3.05, 3.63) is 0 Å². The maximum absolute atomic E-state index is 10.7. The van der Waals surface area contributed by atoms with Crippen LogP contribution < -0.4 is 0 Å². The van der Waals surface area contributed by atoms with Crippen molar-refractivity contribution >= 4 is 5.97 Å². The molecule has 0 unspecified atom stereocenters. The number of hydrogen-bond acceptors (Lipinski definition) is 3. The maximum Gasteiger partial charge on any atom is 0.306 e. The lowest BCUT2D eigenvalue weighted by atomic mass is 9.77. The van der Waals surface area contributed by atoms with Crippen LogP contribution in [0.5, 0.6) is 0 Å². The monoisotopic (exact) mass is 230 g/mol. The minimum absolute atomic E-state index is 0.122. The molecule has 94 valence electrons. The Labute approximate surface area is 96.9 Å². The molecule has 0 aromatic heterocycles. The summed E-state index contributed by atoms with van der Waals surface area (Å²) in [6.45, 7) is 5.98. The van der Waals surface area contributed by atoms with Crippen LogP contribution in [0.3, 0.4) is 0 Å². The van der Waals surface area contributed by atoms with Crippen LogP contribution >= 0.6 is 0 Å². The summed E-state index contributed by atoms with van der Waals surface area (Å²) in [5.74, 6) is -0.250. The lowest BCUT2D eigenvalue weighted by Gasteiger charge is -2.40. The summed E-state index contributed by atoms with van der Waals surface area (Å²) >= 11 is 0. The molecule has 4 heteroatoms. The second-order valence-electron chi connectivity index (χ2n) is 4.92. The molecule has 0 amide bonds. The van der Waals surface area contributed by atoms with E-state index < -0.39 is 11.6 Å². The van der Waals surface area contributed by atoms with Crippen molar-refractivity contribution in [1.82, 2.24) is 0 Å². The molecule has 0 spiro atoms. The lowest BCUT2D eigenvalue weighted by Crippen LogP contribution is -2.42. The van der Waals surface area contributed by atoms with Crippen LogP contribution in [0.1, 0.15) is 39.5 Å². The van der Waals surface area contributed by atoms with Crippen molar-refractivity contribution in [3.63, 3.8) is 0 Å². The molecule has 0 aromatic carbocycles. The van der Waals surface area contributed by atoms with Crippen molar-refractivity contribution in [2.24, 2.45) is 5.92 Å².